The smallest absolute Gasteiger partial charge is 0.0785 e. The zero-order chi connectivity index (χ0) is 7.28. The molecule has 0 rings (SSSR count). The van der Waals surface area contributed by atoms with Gasteiger partial charge in [0.2, 0.25) is 0 Å². The summed E-state index contributed by atoms with van der Waals surface area (Å²) in [5, 5.41) is 8.54. The molecular formula is C8H14N. The molecule has 1 radical (unpaired) electrons. The number of hydrogen-bond acceptors (Lipinski definition) is 1. The molecule has 0 fully saturated rings. The van der Waals surface area contributed by atoms with E-state index in [0.29, 0.717) is 5.92 Å². The highest BCUT2D eigenvalue weighted by Crippen LogP contribution is 2.18. The molecule has 0 aromatic heterocycles. The van der Waals surface area contributed by atoms with Gasteiger partial charge in [-0.05, 0) is 12.3 Å². The lowest BCUT2D eigenvalue weighted by Gasteiger charge is -2.10. The number of nitrogens with zero attached hydrogens (tertiary/aromatic N) is 1. The molecule has 0 aromatic carbocycles. The zero-order valence-corrected chi connectivity index (χ0v) is 6.44. The van der Waals surface area contributed by atoms with Crippen molar-refractivity contribution in [3.63, 3.8) is 0 Å². The highest BCUT2D eigenvalue weighted by Gasteiger charge is 2.12. The van der Waals surface area contributed by atoms with Crippen molar-refractivity contribution >= 4 is 0 Å². The molecule has 0 aromatic rings. The van der Waals surface area contributed by atoms with Crippen LogP contribution < -0.4 is 0 Å². The molecule has 51 valence electrons. The summed E-state index contributed by atoms with van der Waals surface area (Å²) in [6.45, 7) is 6.24. The molecule has 0 N–H and O–H groups in total. The van der Waals surface area contributed by atoms with Crippen molar-refractivity contribution in [1.29, 1.82) is 5.26 Å². The Labute approximate surface area is 57.7 Å². The van der Waals surface area contributed by atoms with E-state index in [1.165, 1.54) is 0 Å². The number of nitriles is 1. The number of hydrogen-bond donors (Lipinski definition) is 0. The summed E-state index contributed by atoms with van der Waals surface area (Å²) < 4.78 is 0. The fraction of sp³-hybridized carbons (Fsp3) is 0.750. The van der Waals surface area contributed by atoms with E-state index >= 15 is 0 Å². The summed E-state index contributed by atoms with van der Waals surface area (Å²) in [6, 6.07) is 2.22. The van der Waals surface area contributed by atoms with E-state index in [9.17, 15) is 0 Å². The molecule has 0 heterocycles. The Morgan fingerprint density at radius 2 is 2.11 bits per heavy atom. The fourth-order valence-electron chi connectivity index (χ4n) is 0.784. The van der Waals surface area contributed by atoms with Crippen LogP contribution in [0.25, 0.3) is 0 Å². The summed E-state index contributed by atoms with van der Waals surface area (Å²) in [5.74, 6) is 1.51. The predicted octanol–water partition coefficient (Wildman–Crippen LogP) is 2.54. The maximum absolute atomic E-state index is 8.54. The summed E-state index contributed by atoms with van der Waals surface area (Å²) in [7, 11) is 0. The van der Waals surface area contributed by atoms with Crippen molar-refractivity contribution in [2.75, 3.05) is 0 Å². The van der Waals surface area contributed by atoms with Gasteiger partial charge in [-0.15, -0.1) is 0 Å². The van der Waals surface area contributed by atoms with Crippen molar-refractivity contribution < 1.29 is 0 Å². The van der Waals surface area contributed by atoms with Crippen LogP contribution >= 0.6 is 0 Å². The van der Waals surface area contributed by atoms with Crippen LogP contribution in [0.4, 0.5) is 0 Å². The zero-order valence-electron chi connectivity index (χ0n) is 6.44. The second-order valence-corrected chi connectivity index (χ2v) is 2.30. The molecule has 0 aliphatic carbocycles. The Bertz CT molecular complexity index is 102. The Morgan fingerprint density at radius 1 is 1.56 bits per heavy atom. The first-order chi connectivity index (χ1) is 4.26. The van der Waals surface area contributed by atoms with E-state index in [1.807, 2.05) is 6.92 Å². The van der Waals surface area contributed by atoms with Crippen molar-refractivity contribution in [2.24, 2.45) is 5.92 Å². The topological polar surface area (TPSA) is 23.8 Å². The van der Waals surface area contributed by atoms with Gasteiger partial charge in [-0.2, -0.15) is 5.26 Å². The summed E-state index contributed by atoms with van der Waals surface area (Å²) >= 11 is 0. The monoisotopic (exact) mass is 124 g/mol. The molecular weight excluding hydrogens is 110 g/mol. The van der Waals surface area contributed by atoms with E-state index in [1.54, 1.807) is 0 Å². The van der Waals surface area contributed by atoms with E-state index in [0.717, 1.165) is 18.8 Å². The van der Waals surface area contributed by atoms with Gasteiger partial charge in [-0.3, -0.25) is 0 Å². The van der Waals surface area contributed by atoms with Crippen LogP contribution in [0.1, 0.15) is 33.6 Å². The van der Waals surface area contributed by atoms with Crippen molar-refractivity contribution in [3.05, 3.63) is 5.92 Å². The molecule has 0 saturated carbocycles. The molecule has 0 saturated heterocycles. The van der Waals surface area contributed by atoms with Crippen LogP contribution in [0.15, 0.2) is 0 Å². The van der Waals surface area contributed by atoms with E-state index in [-0.39, 0.29) is 0 Å². The number of rotatable bonds is 3. The second-order valence-electron chi connectivity index (χ2n) is 2.30. The highest BCUT2D eigenvalue weighted by molar-refractivity contribution is 5.12. The first-order valence-electron chi connectivity index (χ1n) is 3.52. The summed E-state index contributed by atoms with van der Waals surface area (Å²) in [5.41, 5.74) is 0. The molecule has 0 spiro atoms. The molecule has 9 heavy (non-hydrogen) atoms. The normalized spacial score (nSPS) is 13.2. The summed E-state index contributed by atoms with van der Waals surface area (Å²) in [4.78, 5) is 0. The van der Waals surface area contributed by atoms with Gasteiger partial charge in [0.05, 0.1) is 12.0 Å². The van der Waals surface area contributed by atoms with Crippen LogP contribution in [0.2, 0.25) is 0 Å². The van der Waals surface area contributed by atoms with Crippen molar-refractivity contribution in [3.8, 4) is 6.07 Å². The van der Waals surface area contributed by atoms with Gasteiger partial charge in [0.15, 0.2) is 0 Å². The second kappa shape index (κ2) is 4.38. The standard InChI is InChI=1S/C8H14N/c1-4-7(3)8(5-2)6-9/h7H,4-5H2,1-3H3. The average molecular weight is 124 g/mol. The minimum absolute atomic E-state index is 0.486. The minimum atomic E-state index is 0.486. The Morgan fingerprint density at radius 3 is 2.22 bits per heavy atom. The lowest BCUT2D eigenvalue weighted by Crippen LogP contribution is -2.04. The van der Waals surface area contributed by atoms with Crippen molar-refractivity contribution in [1.82, 2.24) is 0 Å². The van der Waals surface area contributed by atoms with Gasteiger partial charge in [-0.1, -0.05) is 27.2 Å². The Kier molecular flexibility index (Phi) is 4.13. The Hall–Kier alpha value is -0.510. The van der Waals surface area contributed by atoms with Gasteiger partial charge >= 0.3 is 0 Å². The van der Waals surface area contributed by atoms with E-state index in [4.69, 9.17) is 5.26 Å². The minimum Gasteiger partial charge on any atom is -0.198 e. The quantitative estimate of drug-likeness (QED) is 0.567. The van der Waals surface area contributed by atoms with Crippen LogP contribution in [0.5, 0.6) is 0 Å². The lowest BCUT2D eigenvalue weighted by molar-refractivity contribution is 0.582. The summed E-state index contributed by atoms with van der Waals surface area (Å²) in [6.07, 6.45) is 1.99. The first kappa shape index (κ1) is 8.49. The van der Waals surface area contributed by atoms with Crippen LogP contribution in [-0.4, -0.2) is 0 Å². The maximum atomic E-state index is 8.54. The molecule has 0 aliphatic rings. The van der Waals surface area contributed by atoms with Crippen LogP contribution in [-0.2, 0) is 0 Å². The van der Waals surface area contributed by atoms with Crippen LogP contribution in [0.3, 0.4) is 0 Å². The third kappa shape index (κ3) is 2.51. The fourth-order valence-corrected chi connectivity index (χ4v) is 0.784. The largest absolute Gasteiger partial charge is 0.198 e. The average Bonchev–Trinajstić information content (AvgIpc) is 1.90. The van der Waals surface area contributed by atoms with E-state index in [2.05, 4.69) is 19.9 Å². The molecule has 1 atom stereocenters. The van der Waals surface area contributed by atoms with Crippen LogP contribution in [0, 0.1) is 23.2 Å². The van der Waals surface area contributed by atoms with Gasteiger partial charge in [-0.25, -0.2) is 0 Å². The third-order valence-electron chi connectivity index (χ3n) is 1.73. The highest BCUT2D eigenvalue weighted by atomic mass is 14.3. The van der Waals surface area contributed by atoms with Gasteiger partial charge in [0.25, 0.3) is 0 Å². The van der Waals surface area contributed by atoms with Gasteiger partial charge in [0, 0.05) is 0 Å². The molecule has 0 aliphatic heterocycles. The molecule has 1 nitrogen and oxygen atoms in total. The van der Waals surface area contributed by atoms with Gasteiger partial charge < -0.3 is 0 Å². The predicted molar refractivity (Wildman–Crippen MR) is 38.6 cm³/mol. The maximum Gasteiger partial charge on any atom is 0.0785 e. The molecule has 1 heteroatoms. The molecule has 0 bridgehead atoms. The van der Waals surface area contributed by atoms with E-state index < -0.39 is 0 Å². The van der Waals surface area contributed by atoms with Gasteiger partial charge in [0.1, 0.15) is 0 Å². The SMILES string of the molecule is CC[C](C#N)C(C)CC. The third-order valence-corrected chi connectivity index (χ3v) is 1.73. The molecule has 1 unspecified atom stereocenters. The lowest BCUT2D eigenvalue weighted by atomic mass is 9.91. The molecule has 0 amide bonds. The van der Waals surface area contributed by atoms with Crippen molar-refractivity contribution in [2.45, 2.75) is 33.6 Å². The Balaban J connectivity index is 3.68. The first-order valence-corrected chi connectivity index (χ1v) is 3.52.